The van der Waals surface area contributed by atoms with E-state index >= 15 is 0 Å². The van der Waals surface area contributed by atoms with Crippen molar-refractivity contribution in [2.45, 2.75) is 20.4 Å². The molecule has 0 saturated carbocycles. The minimum atomic E-state index is 0.933. The van der Waals surface area contributed by atoms with Gasteiger partial charge in [-0.1, -0.05) is 35.9 Å². The molecule has 0 unspecified atom stereocenters. The van der Waals surface area contributed by atoms with Crippen molar-refractivity contribution in [3.63, 3.8) is 0 Å². The molecule has 102 valence electrons. The van der Waals surface area contributed by atoms with Crippen LogP contribution in [0.25, 0.3) is 10.9 Å². The molecule has 0 bridgehead atoms. The normalized spacial score (nSPS) is 10.9. The van der Waals surface area contributed by atoms with E-state index in [4.69, 9.17) is 0 Å². The van der Waals surface area contributed by atoms with Crippen LogP contribution in [-0.2, 0) is 6.54 Å². The van der Waals surface area contributed by atoms with Crippen LogP contribution < -0.4 is 5.32 Å². The average Bonchev–Trinajstić information content (AvgIpc) is 2.77. The molecule has 1 aromatic heterocycles. The van der Waals surface area contributed by atoms with Crippen molar-refractivity contribution in [2.75, 3.05) is 11.9 Å². The molecule has 0 saturated heterocycles. The number of hydrogen-bond donors (Lipinski definition) is 1. The van der Waals surface area contributed by atoms with Gasteiger partial charge in [0.15, 0.2) is 0 Å². The number of nitrogens with one attached hydrogen (secondary N) is 1. The topological polar surface area (TPSA) is 17.0 Å². The van der Waals surface area contributed by atoms with Gasteiger partial charge in [0.05, 0.1) is 0 Å². The van der Waals surface area contributed by atoms with E-state index in [-0.39, 0.29) is 0 Å². The predicted molar refractivity (Wildman–Crippen MR) is 86.3 cm³/mol. The number of benzene rings is 2. The van der Waals surface area contributed by atoms with E-state index in [0.29, 0.717) is 0 Å². The Morgan fingerprint density at radius 3 is 2.50 bits per heavy atom. The van der Waals surface area contributed by atoms with Crippen LogP contribution in [0.1, 0.15) is 11.3 Å². The van der Waals surface area contributed by atoms with Gasteiger partial charge in [0.25, 0.3) is 0 Å². The molecule has 2 heteroatoms. The zero-order valence-corrected chi connectivity index (χ0v) is 12.1. The maximum atomic E-state index is 3.48. The Morgan fingerprint density at radius 1 is 0.950 bits per heavy atom. The molecule has 0 aliphatic carbocycles. The summed E-state index contributed by atoms with van der Waals surface area (Å²) in [5.74, 6) is 0. The van der Waals surface area contributed by atoms with E-state index in [1.54, 1.807) is 0 Å². The van der Waals surface area contributed by atoms with Crippen molar-refractivity contribution in [1.82, 2.24) is 4.57 Å². The number of aryl methyl sites for hydroxylation is 2. The highest BCUT2D eigenvalue weighted by Crippen LogP contribution is 2.19. The fourth-order valence-corrected chi connectivity index (χ4v) is 2.63. The molecule has 2 nitrogen and oxygen atoms in total. The molecule has 0 aliphatic rings. The molecular formula is C18H20N2. The molecule has 0 atom stereocenters. The first-order valence-electron chi connectivity index (χ1n) is 7.09. The molecule has 0 spiro atoms. The molecule has 0 aliphatic heterocycles. The van der Waals surface area contributed by atoms with Gasteiger partial charge in [-0.15, -0.1) is 0 Å². The maximum Gasteiger partial charge on any atom is 0.0483 e. The van der Waals surface area contributed by atoms with Gasteiger partial charge < -0.3 is 9.88 Å². The summed E-state index contributed by atoms with van der Waals surface area (Å²) in [5, 5.41) is 4.80. The minimum absolute atomic E-state index is 0.933. The van der Waals surface area contributed by atoms with E-state index in [9.17, 15) is 0 Å². The van der Waals surface area contributed by atoms with Crippen LogP contribution in [0.3, 0.4) is 0 Å². The largest absolute Gasteiger partial charge is 0.383 e. The summed E-state index contributed by atoms with van der Waals surface area (Å²) in [4.78, 5) is 0. The quantitative estimate of drug-likeness (QED) is 0.740. The SMILES string of the molecule is Cc1ccc(NCCn2c(C)cc3ccccc32)cc1. The second kappa shape index (κ2) is 5.41. The van der Waals surface area contributed by atoms with Crippen molar-refractivity contribution >= 4 is 16.6 Å². The van der Waals surface area contributed by atoms with Gasteiger partial charge in [-0.3, -0.25) is 0 Å². The first kappa shape index (κ1) is 12.8. The molecule has 2 aromatic carbocycles. The summed E-state index contributed by atoms with van der Waals surface area (Å²) in [6, 6.07) is 19.4. The van der Waals surface area contributed by atoms with Crippen LogP contribution in [0, 0.1) is 13.8 Å². The van der Waals surface area contributed by atoms with Crippen molar-refractivity contribution in [3.8, 4) is 0 Å². The first-order chi connectivity index (χ1) is 9.74. The number of fused-ring (bicyclic) bond motifs is 1. The molecule has 0 fully saturated rings. The van der Waals surface area contributed by atoms with E-state index in [1.165, 1.54) is 27.8 Å². The molecule has 20 heavy (non-hydrogen) atoms. The summed E-state index contributed by atoms with van der Waals surface area (Å²) >= 11 is 0. The lowest BCUT2D eigenvalue weighted by Gasteiger charge is -2.10. The van der Waals surface area contributed by atoms with Crippen LogP contribution >= 0.6 is 0 Å². The summed E-state index contributed by atoms with van der Waals surface area (Å²) in [5.41, 5.74) is 5.11. The third-order valence-corrected chi connectivity index (χ3v) is 3.73. The lowest BCUT2D eigenvalue weighted by atomic mass is 10.2. The Bertz CT molecular complexity index is 708. The lowest BCUT2D eigenvalue weighted by molar-refractivity contribution is 0.735. The molecule has 1 N–H and O–H groups in total. The highest BCUT2D eigenvalue weighted by atomic mass is 15.0. The Morgan fingerprint density at radius 2 is 1.70 bits per heavy atom. The van der Waals surface area contributed by atoms with E-state index in [2.05, 4.69) is 78.3 Å². The third kappa shape index (κ3) is 2.55. The molecule has 0 radical (unpaired) electrons. The summed E-state index contributed by atoms with van der Waals surface area (Å²) < 4.78 is 2.37. The summed E-state index contributed by atoms with van der Waals surface area (Å²) in [6.07, 6.45) is 0. The highest BCUT2D eigenvalue weighted by Gasteiger charge is 2.04. The smallest absolute Gasteiger partial charge is 0.0483 e. The van der Waals surface area contributed by atoms with Crippen molar-refractivity contribution < 1.29 is 0 Å². The predicted octanol–water partition coefficient (Wildman–Crippen LogP) is 4.37. The van der Waals surface area contributed by atoms with Crippen LogP contribution in [0.15, 0.2) is 54.6 Å². The fraction of sp³-hybridized carbons (Fsp3) is 0.222. The third-order valence-electron chi connectivity index (χ3n) is 3.73. The highest BCUT2D eigenvalue weighted by molar-refractivity contribution is 5.81. The molecule has 3 aromatic rings. The Hall–Kier alpha value is -2.22. The first-order valence-corrected chi connectivity index (χ1v) is 7.09. The number of nitrogens with zero attached hydrogens (tertiary/aromatic N) is 1. The second-order valence-electron chi connectivity index (χ2n) is 5.29. The monoisotopic (exact) mass is 264 g/mol. The van der Waals surface area contributed by atoms with E-state index < -0.39 is 0 Å². The molecule has 0 amide bonds. The zero-order valence-electron chi connectivity index (χ0n) is 12.1. The molecular weight excluding hydrogens is 244 g/mol. The standard InChI is InChI=1S/C18H20N2/c1-14-7-9-17(10-8-14)19-11-12-20-15(2)13-16-5-3-4-6-18(16)20/h3-10,13,19H,11-12H2,1-2H3. The Balaban J connectivity index is 1.71. The van der Waals surface area contributed by atoms with Crippen LogP contribution in [0.4, 0.5) is 5.69 Å². The average molecular weight is 264 g/mol. The fourth-order valence-electron chi connectivity index (χ4n) is 2.63. The van der Waals surface area contributed by atoms with Crippen LogP contribution in [-0.4, -0.2) is 11.1 Å². The van der Waals surface area contributed by atoms with Gasteiger partial charge in [-0.05, 0) is 43.5 Å². The lowest BCUT2D eigenvalue weighted by Crippen LogP contribution is -2.11. The summed E-state index contributed by atoms with van der Waals surface area (Å²) in [6.45, 7) is 6.20. The van der Waals surface area contributed by atoms with Gasteiger partial charge in [-0.2, -0.15) is 0 Å². The Kier molecular flexibility index (Phi) is 3.46. The zero-order chi connectivity index (χ0) is 13.9. The van der Waals surface area contributed by atoms with Gasteiger partial charge in [0, 0.05) is 30.0 Å². The van der Waals surface area contributed by atoms with Gasteiger partial charge >= 0.3 is 0 Å². The maximum absolute atomic E-state index is 3.48. The van der Waals surface area contributed by atoms with E-state index in [1.807, 2.05) is 0 Å². The number of rotatable bonds is 4. The van der Waals surface area contributed by atoms with Gasteiger partial charge in [0.1, 0.15) is 0 Å². The van der Waals surface area contributed by atoms with Crippen LogP contribution in [0.2, 0.25) is 0 Å². The van der Waals surface area contributed by atoms with Crippen molar-refractivity contribution in [3.05, 3.63) is 65.9 Å². The van der Waals surface area contributed by atoms with Gasteiger partial charge in [-0.25, -0.2) is 0 Å². The van der Waals surface area contributed by atoms with Crippen LogP contribution in [0.5, 0.6) is 0 Å². The number of aromatic nitrogens is 1. The Labute approximate surface area is 120 Å². The van der Waals surface area contributed by atoms with Gasteiger partial charge in [0.2, 0.25) is 0 Å². The summed E-state index contributed by atoms with van der Waals surface area (Å²) in [7, 11) is 0. The number of anilines is 1. The molecule has 1 heterocycles. The number of para-hydroxylation sites is 1. The minimum Gasteiger partial charge on any atom is -0.383 e. The van der Waals surface area contributed by atoms with E-state index in [0.717, 1.165) is 13.1 Å². The number of hydrogen-bond acceptors (Lipinski definition) is 1. The van der Waals surface area contributed by atoms with Crippen molar-refractivity contribution in [2.24, 2.45) is 0 Å². The second-order valence-corrected chi connectivity index (χ2v) is 5.29. The molecule has 3 rings (SSSR count). The van der Waals surface area contributed by atoms with Crippen molar-refractivity contribution in [1.29, 1.82) is 0 Å².